The second-order valence-corrected chi connectivity index (χ2v) is 16.0. The lowest BCUT2D eigenvalue weighted by atomic mass is 9.73. The standard InChI is InChI=1S/C53H37N3/c1-52(2)43-19-9-6-16-39(43)42-30-28-37(32-46(42)52)55(36-26-24-35(25-27-36)34-14-4-3-5-15-34)38-29-31-49-47(33-38)53(51-54-48-22-12-13-23-50(48)56(49)51)44-20-10-7-17-40(44)41-18-8-11-21-45(41)53/h3-33H,1-2H3. The number of imidazole rings is 1. The van der Waals surface area contributed by atoms with Gasteiger partial charge in [0.1, 0.15) is 11.2 Å². The van der Waals surface area contributed by atoms with Gasteiger partial charge < -0.3 is 4.90 Å². The van der Waals surface area contributed by atoms with E-state index in [1.807, 2.05) is 0 Å². The molecule has 2 heterocycles. The van der Waals surface area contributed by atoms with E-state index in [0.717, 1.165) is 33.9 Å². The molecule has 0 N–H and O–H groups in total. The van der Waals surface area contributed by atoms with Crippen LogP contribution in [0.1, 0.15) is 47.5 Å². The van der Waals surface area contributed by atoms with E-state index in [-0.39, 0.29) is 5.41 Å². The number of para-hydroxylation sites is 2. The zero-order valence-corrected chi connectivity index (χ0v) is 31.2. The van der Waals surface area contributed by atoms with Gasteiger partial charge in [-0.3, -0.25) is 4.57 Å². The molecule has 56 heavy (non-hydrogen) atoms. The maximum atomic E-state index is 5.49. The van der Waals surface area contributed by atoms with Crippen LogP contribution in [-0.4, -0.2) is 9.55 Å². The van der Waals surface area contributed by atoms with Crippen LogP contribution in [0.15, 0.2) is 188 Å². The Morgan fingerprint density at radius 1 is 0.429 bits per heavy atom. The van der Waals surface area contributed by atoms with Crippen molar-refractivity contribution in [3.05, 3.63) is 222 Å². The van der Waals surface area contributed by atoms with E-state index < -0.39 is 5.41 Å². The molecule has 3 aliphatic rings. The maximum Gasteiger partial charge on any atom is 0.134 e. The molecule has 264 valence electrons. The fourth-order valence-corrected chi connectivity index (χ4v) is 10.3. The number of nitrogens with zero attached hydrogens (tertiary/aromatic N) is 3. The molecule has 0 fully saturated rings. The maximum absolute atomic E-state index is 5.49. The highest BCUT2D eigenvalue weighted by molar-refractivity contribution is 5.93. The number of aromatic nitrogens is 2. The van der Waals surface area contributed by atoms with Gasteiger partial charge in [-0.15, -0.1) is 0 Å². The number of benzene rings is 8. The van der Waals surface area contributed by atoms with E-state index in [9.17, 15) is 0 Å². The summed E-state index contributed by atoms with van der Waals surface area (Å²) in [5.74, 6) is 1.05. The predicted octanol–water partition coefficient (Wildman–Crippen LogP) is 13.1. The Hall–Kier alpha value is -6.97. The molecule has 0 bridgehead atoms. The molecule has 1 spiro atoms. The summed E-state index contributed by atoms with van der Waals surface area (Å²) in [6.45, 7) is 4.72. The first-order chi connectivity index (χ1) is 27.5. The SMILES string of the molecule is CC1(C)c2ccccc2-c2ccc(N(c3ccc(-c4ccccc4)cc3)c3ccc4c(c3)C3(c5ccccc5-c5ccccc53)c3nc5ccccc5n3-4)cc21. The third-order valence-electron chi connectivity index (χ3n) is 12.8. The van der Waals surface area contributed by atoms with Gasteiger partial charge in [0.05, 0.1) is 16.7 Å². The summed E-state index contributed by atoms with van der Waals surface area (Å²) in [7, 11) is 0. The number of fused-ring (bicyclic) bond motifs is 15. The largest absolute Gasteiger partial charge is 0.310 e. The summed E-state index contributed by atoms with van der Waals surface area (Å²) in [4.78, 5) is 7.95. The second kappa shape index (κ2) is 11.3. The highest BCUT2D eigenvalue weighted by Crippen LogP contribution is 2.61. The Balaban J connectivity index is 1.12. The van der Waals surface area contributed by atoms with Crippen molar-refractivity contribution in [2.24, 2.45) is 0 Å². The molecule has 0 amide bonds. The van der Waals surface area contributed by atoms with Crippen molar-refractivity contribution in [1.82, 2.24) is 9.55 Å². The highest BCUT2D eigenvalue weighted by Gasteiger charge is 2.54. The molecule has 8 aromatic carbocycles. The minimum Gasteiger partial charge on any atom is -0.310 e. The average molecular weight is 716 g/mol. The van der Waals surface area contributed by atoms with E-state index in [0.29, 0.717) is 0 Å². The van der Waals surface area contributed by atoms with Gasteiger partial charge in [0.25, 0.3) is 0 Å². The van der Waals surface area contributed by atoms with Crippen LogP contribution in [0.4, 0.5) is 17.1 Å². The molecule has 12 rings (SSSR count). The molecule has 0 atom stereocenters. The van der Waals surface area contributed by atoms with Crippen molar-refractivity contribution in [2.75, 3.05) is 4.90 Å². The average Bonchev–Trinajstić information content (AvgIpc) is 3.93. The Morgan fingerprint density at radius 2 is 0.946 bits per heavy atom. The fraction of sp³-hybridized carbons (Fsp3) is 0.0755. The number of anilines is 3. The van der Waals surface area contributed by atoms with Crippen molar-refractivity contribution in [3.8, 4) is 39.1 Å². The van der Waals surface area contributed by atoms with Crippen LogP contribution in [0.5, 0.6) is 0 Å². The lowest BCUT2D eigenvalue weighted by Crippen LogP contribution is -2.27. The molecule has 3 nitrogen and oxygen atoms in total. The lowest BCUT2D eigenvalue weighted by molar-refractivity contribution is 0.660. The second-order valence-electron chi connectivity index (χ2n) is 16.0. The van der Waals surface area contributed by atoms with Crippen LogP contribution >= 0.6 is 0 Å². The minimum atomic E-state index is -0.581. The molecule has 0 saturated carbocycles. The van der Waals surface area contributed by atoms with Gasteiger partial charge in [0.2, 0.25) is 0 Å². The molecule has 2 aliphatic carbocycles. The topological polar surface area (TPSA) is 21.1 Å². The van der Waals surface area contributed by atoms with E-state index in [1.54, 1.807) is 0 Å². The third kappa shape index (κ3) is 4.04. The fourth-order valence-electron chi connectivity index (χ4n) is 10.3. The first-order valence-electron chi connectivity index (χ1n) is 19.6. The van der Waals surface area contributed by atoms with Crippen molar-refractivity contribution < 1.29 is 0 Å². The van der Waals surface area contributed by atoms with E-state index in [2.05, 4.69) is 211 Å². The smallest absolute Gasteiger partial charge is 0.134 e. The van der Waals surface area contributed by atoms with Gasteiger partial charge >= 0.3 is 0 Å². The van der Waals surface area contributed by atoms with Gasteiger partial charge in [-0.1, -0.05) is 147 Å². The van der Waals surface area contributed by atoms with Gasteiger partial charge in [0, 0.05) is 28.0 Å². The summed E-state index contributed by atoms with van der Waals surface area (Å²) >= 11 is 0. The van der Waals surface area contributed by atoms with Gasteiger partial charge in [-0.25, -0.2) is 4.98 Å². The Morgan fingerprint density at radius 3 is 1.66 bits per heavy atom. The van der Waals surface area contributed by atoms with Crippen LogP contribution in [0.3, 0.4) is 0 Å². The first-order valence-corrected chi connectivity index (χ1v) is 19.6. The van der Waals surface area contributed by atoms with E-state index >= 15 is 0 Å². The van der Waals surface area contributed by atoms with Gasteiger partial charge in [-0.2, -0.15) is 0 Å². The van der Waals surface area contributed by atoms with Crippen LogP contribution in [0, 0.1) is 0 Å². The molecule has 1 aromatic heterocycles. The molecule has 0 saturated heterocycles. The summed E-state index contributed by atoms with van der Waals surface area (Å²) in [6.07, 6.45) is 0. The molecule has 0 radical (unpaired) electrons. The molecular formula is C53H37N3. The minimum absolute atomic E-state index is 0.125. The van der Waals surface area contributed by atoms with E-state index in [1.165, 1.54) is 66.9 Å². The van der Waals surface area contributed by atoms with Crippen molar-refractivity contribution in [2.45, 2.75) is 24.7 Å². The summed E-state index contributed by atoms with van der Waals surface area (Å²) in [5, 5.41) is 0. The number of hydrogen-bond acceptors (Lipinski definition) is 2. The first kappa shape index (κ1) is 31.4. The van der Waals surface area contributed by atoms with Crippen molar-refractivity contribution >= 4 is 28.1 Å². The molecule has 9 aromatic rings. The zero-order valence-electron chi connectivity index (χ0n) is 31.2. The molecule has 1 aliphatic heterocycles. The summed E-state index contributed by atoms with van der Waals surface area (Å²) < 4.78 is 2.42. The van der Waals surface area contributed by atoms with Crippen LogP contribution in [0.2, 0.25) is 0 Å². The molecule has 3 heteroatoms. The highest BCUT2D eigenvalue weighted by atomic mass is 15.2. The summed E-state index contributed by atoms with van der Waals surface area (Å²) in [6, 6.07) is 69.2. The van der Waals surface area contributed by atoms with Crippen LogP contribution < -0.4 is 4.90 Å². The monoisotopic (exact) mass is 715 g/mol. The Kier molecular flexibility index (Phi) is 6.32. The van der Waals surface area contributed by atoms with E-state index in [4.69, 9.17) is 4.98 Å². The van der Waals surface area contributed by atoms with Crippen molar-refractivity contribution in [3.63, 3.8) is 0 Å². The summed E-state index contributed by atoms with van der Waals surface area (Å²) in [5.41, 5.74) is 20.1. The Bertz CT molecular complexity index is 3010. The number of rotatable bonds is 4. The molecular weight excluding hydrogens is 679 g/mol. The normalized spacial score (nSPS) is 14.5. The zero-order chi connectivity index (χ0) is 37.2. The predicted molar refractivity (Wildman–Crippen MR) is 230 cm³/mol. The quantitative estimate of drug-likeness (QED) is 0.181. The van der Waals surface area contributed by atoms with Crippen molar-refractivity contribution in [1.29, 1.82) is 0 Å². The van der Waals surface area contributed by atoms with Crippen LogP contribution in [-0.2, 0) is 10.8 Å². The lowest BCUT2D eigenvalue weighted by Gasteiger charge is -2.31. The van der Waals surface area contributed by atoms with Crippen LogP contribution in [0.25, 0.3) is 50.1 Å². The van der Waals surface area contributed by atoms with Gasteiger partial charge in [-0.05, 0) is 110 Å². The number of hydrogen-bond donors (Lipinski definition) is 0. The Labute approximate surface area is 326 Å². The molecule has 0 unspecified atom stereocenters. The van der Waals surface area contributed by atoms with Gasteiger partial charge in [0.15, 0.2) is 0 Å². The third-order valence-corrected chi connectivity index (χ3v) is 12.8.